The average Bonchev–Trinajstić information content (AvgIpc) is 2.44. The summed E-state index contributed by atoms with van der Waals surface area (Å²) in [4.78, 5) is 7.21. The number of fused-ring (bicyclic) bond motifs is 1. The molecule has 0 aromatic carbocycles. The van der Waals surface area contributed by atoms with Crippen molar-refractivity contribution >= 4 is 23.4 Å². The third kappa shape index (κ3) is 1.03. The Morgan fingerprint density at radius 3 is 3.25 bits per heavy atom. The van der Waals surface area contributed by atoms with Crippen molar-refractivity contribution in [3.63, 3.8) is 0 Å². The van der Waals surface area contributed by atoms with Crippen LogP contribution in [0.3, 0.4) is 0 Å². The third-order valence-corrected chi connectivity index (χ3v) is 1.82. The number of oxazole rings is 1. The van der Waals surface area contributed by atoms with E-state index in [-0.39, 0.29) is 0 Å². The Morgan fingerprint density at radius 1 is 1.67 bits per heavy atom. The summed E-state index contributed by atoms with van der Waals surface area (Å²) in [6.07, 6.45) is 1.65. The smallest absolute Gasteiger partial charge is 0.268 e. The van der Waals surface area contributed by atoms with E-state index in [0.29, 0.717) is 17.1 Å². The highest BCUT2D eigenvalue weighted by Gasteiger charge is 2.03. The van der Waals surface area contributed by atoms with Crippen molar-refractivity contribution in [2.45, 2.75) is 6.54 Å². The number of nitrogens with one attached hydrogen (secondary N) is 1. The minimum atomic E-state index is 0.332. The van der Waals surface area contributed by atoms with Gasteiger partial charge in [-0.05, 0) is 23.8 Å². The van der Waals surface area contributed by atoms with E-state index in [1.807, 2.05) is 6.07 Å². The minimum absolute atomic E-state index is 0.332. The summed E-state index contributed by atoms with van der Waals surface area (Å²) in [6, 6.07) is 1.84. The van der Waals surface area contributed by atoms with Gasteiger partial charge in [0, 0.05) is 12.7 Å². The van der Waals surface area contributed by atoms with E-state index < -0.39 is 0 Å². The summed E-state index contributed by atoms with van der Waals surface area (Å²) in [6.45, 7) is 0.448. The zero-order valence-corrected chi connectivity index (χ0v) is 7.02. The zero-order valence-electron chi connectivity index (χ0n) is 6.20. The van der Waals surface area contributed by atoms with Crippen molar-refractivity contribution < 1.29 is 4.42 Å². The van der Waals surface area contributed by atoms with Crippen LogP contribution in [0.15, 0.2) is 16.7 Å². The second-order valence-electron chi connectivity index (χ2n) is 2.37. The van der Waals surface area contributed by atoms with E-state index >= 15 is 0 Å². The monoisotopic (exact) mass is 181 g/mol. The van der Waals surface area contributed by atoms with Gasteiger partial charge < -0.3 is 15.1 Å². The summed E-state index contributed by atoms with van der Waals surface area (Å²) in [5.74, 6) is 0. The molecule has 3 N–H and O–H groups in total. The zero-order chi connectivity index (χ0) is 8.55. The fraction of sp³-hybridized carbons (Fsp3) is 0.143. The number of hydrogen-bond donors (Lipinski definition) is 2. The molecule has 0 saturated heterocycles. The maximum Gasteiger partial charge on any atom is 0.268 e. The Morgan fingerprint density at radius 2 is 2.50 bits per heavy atom. The van der Waals surface area contributed by atoms with Crippen LogP contribution in [-0.4, -0.2) is 9.97 Å². The largest absolute Gasteiger partial charge is 0.410 e. The molecule has 0 saturated carbocycles. The quantitative estimate of drug-likeness (QED) is 0.651. The average molecular weight is 181 g/mol. The fourth-order valence-corrected chi connectivity index (χ4v) is 1.26. The van der Waals surface area contributed by atoms with Crippen molar-refractivity contribution in [1.82, 2.24) is 9.97 Å². The SMILES string of the molecule is NCc1ccnc2oc(=S)[nH]c12. The van der Waals surface area contributed by atoms with E-state index in [1.54, 1.807) is 6.20 Å². The van der Waals surface area contributed by atoms with Gasteiger partial charge in [0.2, 0.25) is 5.71 Å². The highest BCUT2D eigenvalue weighted by atomic mass is 32.1. The van der Waals surface area contributed by atoms with Gasteiger partial charge in [-0.15, -0.1) is 0 Å². The number of pyridine rings is 1. The molecule has 0 aliphatic rings. The number of nitrogens with zero attached hydrogens (tertiary/aromatic N) is 1. The molecule has 0 atom stereocenters. The first kappa shape index (κ1) is 7.45. The standard InChI is InChI=1S/C7H7N3OS/c8-3-4-1-2-9-6-5(4)10-7(12)11-6/h1-2H,3,8H2,(H,10,12). The third-order valence-electron chi connectivity index (χ3n) is 1.64. The lowest BCUT2D eigenvalue weighted by Gasteiger charge is -1.94. The highest BCUT2D eigenvalue weighted by Crippen LogP contribution is 2.14. The second-order valence-corrected chi connectivity index (χ2v) is 2.74. The summed E-state index contributed by atoms with van der Waals surface area (Å²) >= 11 is 4.82. The molecule has 62 valence electrons. The first-order chi connectivity index (χ1) is 5.81. The van der Waals surface area contributed by atoms with Crippen molar-refractivity contribution in [3.8, 4) is 0 Å². The molecule has 0 aliphatic carbocycles. The number of rotatable bonds is 1. The molecule has 0 spiro atoms. The van der Waals surface area contributed by atoms with Crippen molar-refractivity contribution in [2.24, 2.45) is 5.73 Å². The highest BCUT2D eigenvalue weighted by molar-refractivity contribution is 7.71. The molecular weight excluding hydrogens is 174 g/mol. The van der Waals surface area contributed by atoms with Gasteiger partial charge in [-0.25, -0.2) is 4.98 Å². The number of H-pyrrole nitrogens is 1. The lowest BCUT2D eigenvalue weighted by atomic mass is 10.2. The Labute approximate surface area is 73.4 Å². The van der Waals surface area contributed by atoms with E-state index in [9.17, 15) is 0 Å². The second kappa shape index (κ2) is 2.69. The van der Waals surface area contributed by atoms with Crippen LogP contribution in [0, 0.1) is 4.84 Å². The van der Waals surface area contributed by atoms with Crippen LogP contribution < -0.4 is 5.73 Å². The minimum Gasteiger partial charge on any atom is -0.410 e. The van der Waals surface area contributed by atoms with Gasteiger partial charge in [-0.1, -0.05) is 0 Å². The lowest BCUT2D eigenvalue weighted by Crippen LogP contribution is -1.97. The summed E-state index contributed by atoms with van der Waals surface area (Å²) in [5, 5.41) is 0. The molecule has 0 fully saturated rings. The first-order valence-electron chi connectivity index (χ1n) is 3.48. The predicted octanol–water partition coefficient (Wildman–Crippen LogP) is 1.34. The number of aromatic amines is 1. The summed E-state index contributed by atoms with van der Waals surface area (Å²) < 4.78 is 5.10. The van der Waals surface area contributed by atoms with Crippen LogP contribution in [0.2, 0.25) is 0 Å². The normalized spacial score (nSPS) is 10.8. The van der Waals surface area contributed by atoms with Gasteiger partial charge in [0.1, 0.15) is 5.52 Å². The van der Waals surface area contributed by atoms with Gasteiger partial charge in [0.05, 0.1) is 0 Å². The molecule has 2 rings (SSSR count). The molecule has 0 bridgehead atoms. The van der Waals surface area contributed by atoms with Crippen LogP contribution >= 0.6 is 12.2 Å². The van der Waals surface area contributed by atoms with Gasteiger partial charge in [-0.2, -0.15) is 0 Å². The predicted molar refractivity (Wildman–Crippen MR) is 47.1 cm³/mol. The summed E-state index contributed by atoms with van der Waals surface area (Å²) in [5.41, 5.74) is 7.77. The molecule has 0 amide bonds. The van der Waals surface area contributed by atoms with Crippen molar-refractivity contribution in [1.29, 1.82) is 0 Å². The molecule has 2 aromatic heterocycles. The number of hydrogen-bond acceptors (Lipinski definition) is 4. The lowest BCUT2D eigenvalue weighted by molar-refractivity contribution is 0.572. The topological polar surface area (TPSA) is 67.8 Å². The van der Waals surface area contributed by atoms with Crippen LogP contribution in [0.1, 0.15) is 5.56 Å². The molecular formula is C7H7N3OS. The summed E-state index contributed by atoms with van der Waals surface area (Å²) in [7, 11) is 0. The van der Waals surface area contributed by atoms with E-state index in [2.05, 4.69) is 9.97 Å². The maximum absolute atomic E-state index is 5.50. The van der Waals surface area contributed by atoms with Crippen molar-refractivity contribution in [3.05, 3.63) is 22.7 Å². The molecule has 12 heavy (non-hydrogen) atoms. The van der Waals surface area contributed by atoms with E-state index in [1.165, 1.54) is 0 Å². The van der Waals surface area contributed by atoms with Crippen LogP contribution in [0.5, 0.6) is 0 Å². The van der Waals surface area contributed by atoms with Gasteiger partial charge in [-0.3, -0.25) is 0 Å². The Balaban J connectivity index is 2.87. The fourth-order valence-electron chi connectivity index (χ4n) is 1.08. The molecule has 2 aromatic rings. The van der Waals surface area contributed by atoms with E-state index in [0.717, 1.165) is 11.1 Å². The van der Waals surface area contributed by atoms with E-state index in [4.69, 9.17) is 22.4 Å². The molecule has 0 unspecified atom stereocenters. The first-order valence-corrected chi connectivity index (χ1v) is 3.89. The van der Waals surface area contributed by atoms with Crippen molar-refractivity contribution in [2.75, 3.05) is 0 Å². The number of aromatic nitrogens is 2. The number of nitrogens with two attached hydrogens (primary N) is 1. The van der Waals surface area contributed by atoms with Crippen LogP contribution in [0.4, 0.5) is 0 Å². The van der Waals surface area contributed by atoms with Crippen LogP contribution in [0.25, 0.3) is 11.2 Å². The molecule has 5 heteroatoms. The van der Waals surface area contributed by atoms with Gasteiger partial charge >= 0.3 is 0 Å². The maximum atomic E-state index is 5.50. The van der Waals surface area contributed by atoms with Gasteiger partial charge in [0.25, 0.3) is 4.84 Å². The Bertz CT molecular complexity index is 459. The van der Waals surface area contributed by atoms with Crippen LogP contribution in [-0.2, 0) is 6.54 Å². The molecule has 4 nitrogen and oxygen atoms in total. The molecule has 0 radical (unpaired) electrons. The molecule has 2 heterocycles. The Hall–Kier alpha value is -1.20. The van der Waals surface area contributed by atoms with Gasteiger partial charge in [0.15, 0.2) is 0 Å². The Kier molecular flexibility index (Phi) is 1.67. The molecule has 0 aliphatic heterocycles.